The maximum atomic E-state index is 13.6. The van der Waals surface area contributed by atoms with Gasteiger partial charge in [-0.25, -0.2) is 8.78 Å². The van der Waals surface area contributed by atoms with Crippen molar-refractivity contribution in [2.45, 2.75) is 25.8 Å². The van der Waals surface area contributed by atoms with Gasteiger partial charge in [-0.3, -0.25) is 15.0 Å². The molecule has 1 aromatic carbocycles. The highest BCUT2D eigenvalue weighted by Crippen LogP contribution is 2.29. The number of aromatic nitrogens is 3. The number of benzene rings is 1. The van der Waals surface area contributed by atoms with Gasteiger partial charge in [-0.1, -0.05) is 6.07 Å². The summed E-state index contributed by atoms with van der Waals surface area (Å²) in [5.41, 5.74) is 4.75. The summed E-state index contributed by atoms with van der Waals surface area (Å²) in [5.74, 6) is -1.68. The third-order valence-electron chi connectivity index (χ3n) is 4.87. The van der Waals surface area contributed by atoms with Crippen molar-refractivity contribution in [2.24, 2.45) is 0 Å². The minimum atomic E-state index is -0.844. The molecule has 0 saturated carbocycles. The van der Waals surface area contributed by atoms with Crippen molar-refractivity contribution in [1.29, 1.82) is 0 Å². The zero-order valence-electron chi connectivity index (χ0n) is 14.4. The Hall–Kier alpha value is -2.60. The molecular formula is C20H20F2N4. The Morgan fingerprint density at radius 1 is 1.15 bits per heavy atom. The van der Waals surface area contributed by atoms with Crippen molar-refractivity contribution in [3.8, 4) is 11.3 Å². The minimum absolute atomic E-state index is 0.610. The van der Waals surface area contributed by atoms with Crippen LogP contribution in [0.25, 0.3) is 11.3 Å². The molecule has 2 aromatic heterocycles. The van der Waals surface area contributed by atoms with Crippen LogP contribution in [0, 0.1) is 11.6 Å². The number of hydrogen-bond donors (Lipinski definition) is 1. The van der Waals surface area contributed by atoms with E-state index in [0.29, 0.717) is 5.56 Å². The van der Waals surface area contributed by atoms with Gasteiger partial charge in [0.05, 0.1) is 5.69 Å². The van der Waals surface area contributed by atoms with Crippen LogP contribution in [0.4, 0.5) is 8.78 Å². The zero-order chi connectivity index (χ0) is 17.9. The van der Waals surface area contributed by atoms with Gasteiger partial charge in [0.25, 0.3) is 0 Å². The molecule has 0 spiro atoms. The predicted molar refractivity (Wildman–Crippen MR) is 95.5 cm³/mol. The molecular weight excluding hydrogens is 334 g/mol. The summed E-state index contributed by atoms with van der Waals surface area (Å²) in [7, 11) is 0. The Kier molecular flexibility index (Phi) is 4.75. The molecule has 134 valence electrons. The van der Waals surface area contributed by atoms with Gasteiger partial charge in [0, 0.05) is 48.7 Å². The third kappa shape index (κ3) is 3.51. The van der Waals surface area contributed by atoms with Crippen LogP contribution in [0.1, 0.15) is 23.2 Å². The van der Waals surface area contributed by atoms with Gasteiger partial charge in [-0.05, 0) is 49.2 Å². The molecule has 0 fully saturated rings. The van der Waals surface area contributed by atoms with E-state index in [9.17, 15) is 8.78 Å². The number of H-pyrrole nitrogens is 1. The lowest BCUT2D eigenvalue weighted by molar-refractivity contribution is 0.250. The van der Waals surface area contributed by atoms with Crippen molar-refractivity contribution in [1.82, 2.24) is 20.1 Å². The van der Waals surface area contributed by atoms with Gasteiger partial charge in [0.1, 0.15) is 0 Å². The van der Waals surface area contributed by atoms with E-state index in [4.69, 9.17) is 0 Å². The van der Waals surface area contributed by atoms with E-state index in [1.807, 2.05) is 12.3 Å². The molecule has 1 aliphatic rings. The van der Waals surface area contributed by atoms with Crippen LogP contribution >= 0.6 is 0 Å². The van der Waals surface area contributed by atoms with Gasteiger partial charge < -0.3 is 0 Å². The first-order valence-corrected chi connectivity index (χ1v) is 8.83. The maximum Gasteiger partial charge on any atom is 0.159 e. The SMILES string of the molecule is Fc1ccc(-c2n[nH]c3c2CN(CCCc2cccnc2)CC3)cc1F. The second kappa shape index (κ2) is 7.33. The molecule has 0 saturated heterocycles. The molecule has 0 atom stereocenters. The van der Waals surface area contributed by atoms with Crippen molar-refractivity contribution in [3.05, 3.63) is 71.2 Å². The topological polar surface area (TPSA) is 44.8 Å². The molecule has 0 bridgehead atoms. The standard InChI is InChI=1S/C20H20F2N4/c21-17-6-5-15(11-18(17)22)20-16-13-26(10-7-19(16)24-25-20)9-2-4-14-3-1-8-23-12-14/h1,3,5-6,8,11-12H,2,4,7,9-10,13H2,(H,24,25). The molecule has 6 heteroatoms. The van der Waals surface area contributed by atoms with E-state index in [0.717, 1.165) is 61.9 Å². The molecule has 26 heavy (non-hydrogen) atoms. The molecule has 4 nitrogen and oxygen atoms in total. The van der Waals surface area contributed by atoms with Gasteiger partial charge >= 0.3 is 0 Å². The number of aryl methyl sites for hydroxylation is 1. The van der Waals surface area contributed by atoms with E-state index >= 15 is 0 Å². The number of rotatable bonds is 5. The third-order valence-corrected chi connectivity index (χ3v) is 4.87. The summed E-state index contributed by atoms with van der Waals surface area (Å²) in [6, 6.07) is 8.00. The molecule has 0 radical (unpaired) electrons. The van der Waals surface area contributed by atoms with E-state index in [-0.39, 0.29) is 0 Å². The first kappa shape index (κ1) is 16.8. The summed E-state index contributed by atoms with van der Waals surface area (Å²) in [5, 5.41) is 7.41. The van der Waals surface area contributed by atoms with E-state index in [2.05, 4.69) is 26.1 Å². The fourth-order valence-electron chi connectivity index (χ4n) is 3.48. The Bertz CT molecular complexity index is 892. The van der Waals surface area contributed by atoms with E-state index in [1.54, 1.807) is 12.3 Å². The lowest BCUT2D eigenvalue weighted by Gasteiger charge is -2.27. The first-order chi connectivity index (χ1) is 12.7. The lowest BCUT2D eigenvalue weighted by atomic mass is 10.0. The summed E-state index contributed by atoms with van der Waals surface area (Å²) in [6.45, 7) is 2.73. The number of halogens is 2. The van der Waals surface area contributed by atoms with E-state index < -0.39 is 11.6 Å². The summed E-state index contributed by atoms with van der Waals surface area (Å²) >= 11 is 0. The van der Waals surface area contributed by atoms with Gasteiger partial charge in [-0.2, -0.15) is 5.10 Å². The average Bonchev–Trinajstić information content (AvgIpc) is 3.08. The highest BCUT2D eigenvalue weighted by Gasteiger charge is 2.23. The van der Waals surface area contributed by atoms with Gasteiger partial charge in [0.2, 0.25) is 0 Å². The van der Waals surface area contributed by atoms with Crippen LogP contribution in [0.15, 0.2) is 42.7 Å². The second-order valence-electron chi connectivity index (χ2n) is 6.65. The largest absolute Gasteiger partial charge is 0.299 e. The fraction of sp³-hybridized carbons (Fsp3) is 0.300. The van der Waals surface area contributed by atoms with Crippen molar-refractivity contribution >= 4 is 0 Å². The molecule has 1 N–H and O–H groups in total. The fourth-order valence-corrected chi connectivity index (χ4v) is 3.48. The Morgan fingerprint density at radius 2 is 2.08 bits per heavy atom. The predicted octanol–water partition coefficient (Wildman–Crippen LogP) is 3.74. The van der Waals surface area contributed by atoms with Crippen molar-refractivity contribution in [2.75, 3.05) is 13.1 Å². The summed E-state index contributed by atoms with van der Waals surface area (Å²) in [6.07, 6.45) is 6.64. The molecule has 0 unspecified atom stereocenters. The van der Waals surface area contributed by atoms with Crippen LogP contribution in [0.2, 0.25) is 0 Å². The molecule has 1 aliphatic heterocycles. The van der Waals surface area contributed by atoms with E-state index in [1.165, 1.54) is 11.6 Å². The van der Waals surface area contributed by atoms with Gasteiger partial charge in [-0.15, -0.1) is 0 Å². The number of nitrogens with one attached hydrogen (secondary N) is 1. The average molecular weight is 354 g/mol. The normalized spacial score (nSPS) is 14.4. The van der Waals surface area contributed by atoms with Crippen molar-refractivity contribution < 1.29 is 8.78 Å². The molecule has 3 heterocycles. The maximum absolute atomic E-state index is 13.6. The summed E-state index contributed by atoms with van der Waals surface area (Å²) < 4.78 is 26.8. The van der Waals surface area contributed by atoms with Crippen LogP contribution in [-0.2, 0) is 19.4 Å². The number of hydrogen-bond acceptors (Lipinski definition) is 3. The highest BCUT2D eigenvalue weighted by molar-refractivity contribution is 5.64. The Morgan fingerprint density at radius 3 is 2.88 bits per heavy atom. The molecule has 3 aromatic rings. The van der Waals surface area contributed by atoms with Crippen LogP contribution < -0.4 is 0 Å². The number of fused-ring (bicyclic) bond motifs is 1. The monoisotopic (exact) mass is 354 g/mol. The number of pyridine rings is 1. The Labute approximate surface area is 150 Å². The number of nitrogens with zero attached hydrogens (tertiary/aromatic N) is 3. The first-order valence-electron chi connectivity index (χ1n) is 8.83. The van der Waals surface area contributed by atoms with Crippen LogP contribution in [-0.4, -0.2) is 33.2 Å². The van der Waals surface area contributed by atoms with Crippen LogP contribution in [0.5, 0.6) is 0 Å². The number of aromatic amines is 1. The smallest absolute Gasteiger partial charge is 0.159 e. The van der Waals surface area contributed by atoms with Crippen LogP contribution in [0.3, 0.4) is 0 Å². The second-order valence-corrected chi connectivity index (χ2v) is 6.65. The van der Waals surface area contributed by atoms with Crippen molar-refractivity contribution in [3.63, 3.8) is 0 Å². The zero-order valence-corrected chi connectivity index (χ0v) is 14.4. The van der Waals surface area contributed by atoms with Gasteiger partial charge in [0.15, 0.2) is 11.6 Å². The highest BCUT2D eigenvalue weighted by atomic mass is 19.2. The quantitative estimate of drug-likeness (QED) is 0.759. The summed E-state index contributed by atoms with van der Waals surface area (Å²) in [4.78, 5) is 6.53. The minimum Gasteiger partial charge on any atom is -0.299 e. The Balaban J connectivity index is 1.44. The molecule has 4 rings (SSSR count). The molecule has 0 aliphatic carbocycles. The lowest BCUT2D eigenvalue weighted by Crippen LogP contribution is -2.31. The molecule has 0 amide bonds.